The van der Waals surface area contributed by atoms with Crippen LogP contribution in [0.4, 0.5) is 5.69 Å². The molecule has 0 spiro atoms. The minimum atomic E-state index is -3.32. The van der Waals surface area contributed by atoms with E-state index in [9.17, 15) is 8.42 Å². The summed E-state index contributed by atoms with van der Waals surface area (Å²) in [7, 11) is -3.32. The first kappa shape index (κ1) is 13.8. The monoisotopic (exact) mass is 289 g/mol. The zero-order chi connectivity index (χ0) is 14.8. The summed E-state index contributed by atoms with van der Waals surface area (Å²) in [5.74, 6) is 0.344. The number of hydrogen-bond donors (Lipinski definition) is 1. The molecule has 0 saturated carbocycles. The molecule has 0 radical (unpaired) electrons. The van der Waals surface area contributed by atoms with Crippen molar-refractivity contribution in [3.05, 3.63) is 42.1 Å². The standard InChI is InChI=1S/C13H11N3O3S/c1-20(17,18)11-4-2-3-10(7-11)19-13-12(15)9(8-14)5-6-16-13/h2-7H,15H2,1H3. The van der Waals surface area contributed by atoms with E-state index in [-0.39, 0.29) is 27.8 Å². The zero-order valence-electron chi connectivity index (χ0n) is 10.6. The fraction of sp³-hybridized carbons (Fsp3) is 0.0769. The van der Waals surface area contributed by atoms with Crippen molar-refractivity contribution in [2.45, 2.75) is 4.90 Å². The Morgan fingerprint density at radius 3 is 2.75 bits per heavy atom. The number of nitriles is 1. The van der Waals surface area contributed by atoms with Gasteiger partial charge in [-0.25, -0.2) is 13.4 Å². The van der Waals surface area contributed by atoms with Crippen molar-refractivity contribution in [1.29, 1.82) is 5.26 Å². The third-order valence-corrected chi connectivity index (χ3v) is 3.63. The summed E-state index contributed by atoms with van der Waals surface area (Å²) in [5.41, 5.74) is 6.09. The number of nitrogen functional groups attached to an aromatic ring is 1. The maximum Gasteiger partial charge on any atom is 0.244 e. The molecule has 2 aromatic rings. The number of benzene rings is 1. The van der Waals surface area contributed by atoms with Crippen LogP contribution in [-0.4, -0.2) is 19.7 Å². The lowest BCUT2D eigenvalue weighted by molar-refractivity contribution is 0.464. The van der Waals surface area contributed by atoms with Gasteiger partial charge in [0, 0.05) is 12.5 Å². The number of rotatable bonds is 3. The van der Waals surface area contributed by atoms with Gasteiger partial charge in [0.15, 0.2) is 9.84 Å². The third-order valence-electron chi connectivity index (χ3n) is 2.52. The minimum Gasteiger partial charge on any atom is -0.437 e. The van der Waals surface area contributed by atoms with Crippen molar-refractivity contribution in [3.63, 3.8) is 0 Å². The molecule has 2 N–H and O–H groups in total. The minimum absolute atomic E-state index is 0.0645. The van der Waals surface area contributed by atoms with Gasteiger partial charge in [-0.15, -0.1) is 0 Å². The maximum atomic E-state index is 11.5. The van der Waals surface area contributed by atoms with Gasteiger partial charge in [0.05, 0.1) is 10.5 Å². The first-order chi connectivity index (χ1) is 9.41. The molecule has 0 bridgehead atoms. The van der Waals surface area contributed by atoms with Crippen molar-refractivity contribution >= 4 is 15.5 Å². The van der Waals surface area contributed by atoms with E-state index in [0.29, 0.717) is 0 Å². The van der Waals surface area contributed by atoms with Gasteiger partial charge in [0.2, 0.25) is 5.88 Å². The number of hydrogen-bond acceptors (Lipinski definition) is 6. The number of aromatic nitrogens is 1. The van der Waals surface area contributed by atoms with Gasteiger partial charge in [-0.1, -0.05) is 6.07 Å². The topological polar surface area (TPSA) is 106 Å². The molecule has 1 aromatic heterocycles. The van der Waals surface area contributed by atoms with Gasteiger partial charge < -0.3 is 10.5 Å². The van der Waals surface area contributed by atoms with Gasteiger partial charge in [0.1, 0.15) is 17.5 Å². The van der Waals surface area contributed by atoms with Crippen LogP contribution in [0.2, 0.25) is 0 Å². The molecular formula is C13H11N3O3S. The van der Waals surface area contributed by atoms with Gasteiger partial charge in [-0.3, -0.25) is 0 Å². The second-order valence-electron chi connectivity index (χ2n) is 4.04. The van der Waals surface area contributed by atoms with Gasteiger partial charge >= 0.3 is 0 Å². The summed E-state index contributed by atoms with van der Waals surface area (Å²) in [4.78, 5) is 4.06. The lowest BCUT2D eigenvalue weighted by Crippen LogP contribution is -2.00. The fourth-order valence-corrected chi connectivity index (χ4v) is 2.17. The van der Waals surface area contributed by atoms with Crippen LogP contribution in [0.3, 0.4) is 0 Å². The van der Waals surface area contributed by atoms with Crippen LogP contribution >= 0.6 is 0 Å². The molecule has 0 amide bonds. The quantitative estimate of drug-likeness (QED) is 0.922. The Kier molecular flexibility index (Phi) is 3.59. The molecule has 1 aromatic carbocycles. The highest BCUT2D eigenvalue weighted by Gasteiger charge is 2.11. The molecule has 0 atom stereocenters. The Labute approximate surface area is 116 Å². The van der Waals surface area contributed by atoms with E-state index in [0.717, 1.165) is 6.26 Å². The molecule has 0 aliphatic rings. The second kappa shape index (κ2) is 5.19. The number of ether oxygens (including phenoxy) is 1. The molecule has 0 aliphatic carbocycles. The van der Waals surface area contributed by atoms with E-state index in [1.54, 1.807) is 12.1 Å². The Hall–Kier alpha value is -2.59. The lowest BCUT2D eigenvalue weighted by atomic mass is 10.2. The Balaban J connectivity index is 2.39. The molecule has 7 heteroatoms. The van der Waals surface area contributed by atoms with Crippen LogP contribution in [0, 0.1) is 11.3 Å². The number of nitrogens with zero attached hydrogens (tertiary/aromatic N) is 2. The predicted molar refractivity (Wildman–Crippen MR) is 73.0 cm³/mol. The molecule has 0 saturated heterocycles. The van der Waals surface area contributed by atoms with Crippen LogP contribution in [0.25, 0.3) is 0 Å². The van der Waals surface area contributed by atoms with Crippen LogP contribution in [-0.2, 0) is 9.84 Å². The molecule has 1 heterocycles. The highest BCUT2D eigenvalue weighted by atomic mass is 32.2. The normalized spacial score (nSPS) is 10.8. The van der Waals surface area contributed by atoms with Crippen molar-refractivity contribution in [1.82, 2.24) is 4.98 Å². The summed E-state index contributed by atoms with van der Waals surface area (Å²) in [6, 6.07) is 9.35. The largest absolute Gasteiger partial charge is 0.437 e. The first-order valence-electron chi connectivity index (χ1n) is 5.54. The van der Waals surface area contributed by atoms with Gasteiger partial charge in [-0.2, -0.15) is 5.26 Å². The zero-order valence-corrected chi connectivity index (χ0v) is 11.4. The predicted octanol–water partition coefficient (Wildman–Crippen LogP) is 1.73. The molecule has 0 fully saturated rings. The van der Waals surface area contributed by atoms with E-state index in [1.165, 1.54) is 24.4 Å². The summed E-state index contributed by atoms with van der Waals surface area (Å²) in [5, 5.41) is 8.87. The van der Waals surface area contributed by atoms with Crippen LogP contribution in [0.15, 0.2) is 41.4 Å². The molecular weight excluding hydrogens is 278 g/mol. The van der Waals surface area contributed by atoms with E-state index >= 15 is 0 Å². The number of nitrogens with two attached hydrogens (primary N) is 1. The summed E-state index contributed by atoms with van der Waals surface area (Å²) in [6.45, 7) is 0. The Bertz CT molecular complexity index is 795. The van der Waals surface area contributed by atoms with E-state index in [1.807, 2.05) is 6.07 Å². The molecule has 0 unspecified atom stereocenters. The number of anilines is 1. The van der Waals surface area contributed by atoms with Gasteiger partial charge in [-0.05, 0) is 24.3 Å². The van der Waals surface area contributed by atoms with Crippen molar-refractivity contribution in [3.8, 4) is 17.7 Å². The van der Waals surface area contributed by atoms with Crippen molar-refractivity contribution < 1.29 is 13.2 Å². The average molecular weight is 289 g/mol. The van der Waals surface area contributed by atoms with Crippen LogP contribution in [0.1, 0.15) is 5.56 Å². The summed E-state index contributed by atoms with van der Waals surface area (Å²) < 4.78 is 28.4. The first-order valence-corrected chi connectivity index (χ1v) is 7.43. The smallest absolute Gasteiger partial charge is 0.244 e. The Morgan fingerprint density at radius 1 is 1.35 bits per heavy atom. The fourth-order valence-electron chi connectivity index (χ4n) is 1.51. The third kappa shape index (κ3) is 2.87. The van der Waals surface area contributed by atoms with E-state index in [4.69, 9.17) is 15.7 Å². The number of sulfone groups is 1. The highest BCUT2D eigenvalue weighted by molar-refractivity contribution is 7.90. The number of pyridine rings is 1. The van der Waals surface area contributed by atoms with E-state index < -0.39 is 9.84 Å². The molecule has 102 valence electrons. The van der Waals surface area contributed by atoms with Crippen LogP contribution in [0.5, 0.6) is 11.6 Å². The molecule has 20 heavy (non-hydrogen) atoms. The summed E-state index contributed by atoms with van der Waals surface area (Å²) in [6.07, 6.45) is 2.50. The Morgan fingerprint density at radius 2 is 2.10 bits per heavy atom. The molecule has 6 nitrogen and oxygen atoms in total. The van der Waals surface area contributed by atoms with Crippen LogP contribution < -0.4 is 10.5 Å². The maximum absolute atomic E-state index is 11.5. The second-order valence-corrected chi connectivity index (χ2v) is 6.05. The average Bonchev–Trinajstić information content (AvgIpc) is 2.40. The molecule has 2 rings (SSSR count). The highest BCUT2D eigenvalue weighted by Crippen LogP contribution is 2.28. The molecule has 0 aliphatic heterocycles. The van der Waals surface area contributed by atoms with Crippen molar-refractivity contribution in [2.75, 3.05) is 12.0 Å². The summed E-state index contributed by atoms with van der Waals surface area (Å²) >= 11 is 0. The van der Waals surface area contributed by atoms with Gasteiger partial charge in [0.25, 0.3) is 0 Å². The van der Waals surface area contributed by atoms with Crippen molar-refractivity contribution in [2.24, 2.45) is 0 Å². The van der Waals surface area contributed by atoms with E-state index in [2.05, 4.69) is 4.98 Å². The lowest BCUT2D eigenvalue weighted by Gasteiger charge is -2.08. The SMILES string of the molecule is CS(=O)(=O)c1cccc(Oc2nccc(C#N)c2N)c1.